The molecule has 1 aromatic carbocycles. The first kappa shape index (κ1) is 23.0. The molecule has 0 saturated carbocycles. The zero-order valence-electron chi connectivity index (χ0n) is 17.3. The monoisotopic (exact) mass is 628 g/mol. The van der Waals surface area contributed by atoms with Crippen LogP contribution in [-0.2, 0) is 9.53 Å². The third-order valence-electron chi connectivity index (χ3n) is 4.89. The smallest absolute Gasteiger partial charge is 0.338 e. The zero-order chi connectivity index (χ0) is 23.0. The van der Waals surface area contributed by atoms with E-state index in [1.54, 1.807) is 49.8 Å². The predicted molar refractivity (Wildman–Crippen MR) is 133 cm³/mol. The van der Waals surface area contributed by atoms with Crippen molar-refractivity contribution in [2.45, 2.75) is 19.9 Å². The van der Waals surface area contributed by atoms with Gasteiger partial charge < -0.3 is 13.9 Å². The van der Waals surface area contributed by atoms with Crippen molar-refractivity contribution in [3.63, 3.8) is 0 Å². The van der Waals surface area contributed by atoms with E-state index in [-0.39, 0.29) is 12.2 Å². The molecule has 0 N–H and O–H groups in total. The van der Waals surface area contributed by atoms with Crippen molar-refractivity contribution < 1.29 is 18.7 Å². The normalized spacial score (nSPS) is 16.0. The molecule has 0 amide bonds. The standard InChI is InChI=1S/C22H18BrIN2O5S/c1-4-30-21(28)17-11(2)25-22-26(18(17)12-5-7-13(29-3)8-6-12)20(27)16(32-22)10-14-9-15(23)19(24)31-14/h5-10,18H,4H2,1-3H3/b16-10+/t18-/m0/s1. The maximum atomic E-state index is 13.5. The van der Waals surface area contributed by atoms with Crippen molar-refractivity contribution in [2.24, 2.45) is 4.99 Å². The second-order valence-electron chi connectivity index (χ2n) is 6.85. The van der Waals surface area contributed by atoms with Gasteiger partial charge in [0.1, 0.15) is 11.5 Å². The summed E-state index contributed by atoms with van der Waals surface area (Å²) in [5.41, 5.74) is 1.36. The quantitative estimate of drug-likeness (QED) is 0.317. The minimum atomic E-state index is -0.665. The molecule has 3 aromatic rings. The molecule has 4 rings (SSSR count). The molecule has 7 nitrogen and oxygen atoms in total. The number of carbonyl (C=O) groups is 1. The number of thiazole rings is 1. The molecule has 1 atom stereocenters. The van der Waals surface area contributed by atoms with Crippen LogP contribution in [0.25, 0.3) is 6.08 Å². The number of esters is 1. The molecule has 32 heavy (non-hydrogen) atoms. The summed E-state index contributed by atoms with van der Waals surface area (Å²) in [6, 6.07) is 8.41. The fraction of sp³-hybridized carbons (Fsp3) is 0.227. The fourth-order valence-corrected chi connectivity index (χ4v) is 5.20. The number of hydrogen-bond donors (Lipinski definition) is 0. The number of furan rings is 1. The Bertz CT molecular complexity index is 1380. The second-order valence-corrected chi connectivity index (χ2v) is 9.69. The third-order valence-corrected chi connectivity index (χ3v) is 8.00. The first-order chi connectivity index (χ1) is 15.3. The van der Waals surface area contributed by atoms with Crippen LogP contribution in [0.15, 0.2) is 60.3 Å². The second kappa shape index (κ2) is 9.36. The molecule has 0 saturated heterocycles. The Morgan fingerprint density at radius 1 is 1.38 bits per heavy atom. The largest absolute Gasteiger partial charge is 0.497 e. The van der Waals surface area contributed by atoms with E-state index in [1.165, 1.54) is 11.3 Å². The minimum absolute atomic E-state index is 0.224. The predicted octanol–water partition coefficient (Wildman–Crippen LogP) is 3.77. The van der Waals surface area contributed by atoms with Gasteiger partial charge in [0.2, 0.25) is 0 Å². The van der Waals surface area contributed by atoms with Crippen molar-refractivity contribution in [3.8, 4) is 5.75 Å². The molecule has 0 spiro atoms. The van der Waals surface area contributed by atoms with Gasteiger partial charge in [-0.1, -0.05) is 23.5 Å². The lowest BCUT2D eigenvalue weighted by atomic mass is 9.96. The van der Waals surface area contributed by atoms with Gasteiger partial charge in [0, 0.05) is 28.7 Å². The topological polar surface area (TPSA) is 83.0 Å². The van der Waals surface area contributed by atoms with Crippen molar-refractivity contribution in [3.05, 3.63) is 80.9 Å². The van der Waals surface area contributed by atoms with E-state index >= 15 is 0 Å². The van der Waals surface area contributed by atoms with Gasteiger partial charge in [0.05, 0.1) is 40.0 Å². The first-order valence-corrected chi connectivity index (χ1v) is 12.3. The van der Waals surface area contributed by atoms with Gasteiger partial charge in [-0.3, -0.25) is 9.36 Å². The third kappa shape index (κ3) is 4.23. The molecule has 0 fully saturated rings. The molecule has 0 unspecified atom stereocenters. The van der Waals surface area contributed by atoms with E-state index in [1.807, 2.05) is 12.1 Å². The molecular formula is C22H18BrIN2O5S. The average Bonchev–Trinajstić information content (AvgIpc) is 3.25. The number of ether oxygens (including phenoxy) is 2. The number of aromatic nitrogens is 1. The van der Waals surface area contributed by atoms with Gasteiger partial charge in [0.15, 0.2) is 8.57 Å². The summed E-state index contributed by atoms with van der Waals surface area (Å²) in [6.45, 7) is 3.72. The van der Waals surface area contributed by atoms with Crippen LogP contribution >= 0.6 is 49.9 Å². The van der Waals surface area contributed by atoms with Crippen molar-refractivity contribution in [2.75, 3.05) is 13.7 Å². The Morgan fingerprint density at radius 2 is 2.09 bits per heavy atom. The number of methoxy groups -OCH3 is 1. The molecule has 166 valence electrons. The van der Waals surface area contributed by atoms with E-state index in [2.05, 4.69) is 43.5 Å². The van der Waals surface area contributed by atoms with Crippen LogP contribution in [0.1, 0.15) is 31.2 Å². The van der Waals surface area contributed by atoms with Crippen LogP contribution in [0.4, 0.5) is 0 Å². The molecule has 1 aliphatic heterocycles. The molecule has 10 heteroatoms. The molecule has 1 aliphatic rings. The summed E-state index contributed by atoms with van der Waals surface area (Å²) < 4.78 is 19.7. The minimum Gasteiger partial charge on any atom is -0.497 e. The maximum Gasteiger partial charge on any atom is 0.338 e. The van der Waals surface area contributed by atoms with Gasteiger partial charge in [0.25, 0.3) is 5.56 Å². The highest BCUT2D eigenvalue weighted by Gasteiger charge is 2.33. The van der Waals surface area contributed by atoms with Gasteiger partial charge in [-0.25, -0.2) is 9.79 Å². The van der Waals surface area contributed by atoms with E-state index in [0.29, 0.717) is 35.9 Å². The Kier molecular flexibility index (Phi) is 6.72. The van der Waals surface area contributed by atoms with Crippen molar-refractivity contribution in [1.82, 2.24) is 4.57 Å². The molecule has 0 bridgehead atoms. The van der Waals surface area contributed by atoms with Gasteiger partial charge in [-0.15, -0.1) is 0 Å². The SMILES string of the molecule is CCOC(=O)C1=C(C)N=c2s/c(=C/c3cc(Br)c(I)o3)c(=O)n2[C@H]1c1ccc(OC)cc1. The van der Waals surface area contributed by atoms with E-state index in [0.717, 1.165) is 10.0 Å². The highest BCUT2D eigenvalue weighted by Crippen LogP contribution is 2.31. The number of fused-ring (bicyclic) bond motifs is 1. The van der Waals surface area contributed by atoms with E-state index in [9.17, 15) is 9.59 Å². The summed E-state index contributed by atoms with van der Waals surface area (Å²) in [5.74, 6) is 0.736. The maximum absolute atomic E-state index is 13.5. The molecule has 2 aromatic heterocycles. The number of benzene rings is 1. The summed E-state index contributed by atoms with van der Waals surface area (Å²) in [4.78, 5) is 31.4. The number of allylic oxidation sites excluding steroid dienone is 1. The van der Waals surface area contributed by atoms with Crippen molar-refractivity contribution >= 4 is 61.9 Å². The van der Waals surface area contributed by atoms with Crippen LogP contribution in [-0.4, -0.2) is 24.3 Å². The van der Waals surface area contributed by atoms with Gasteiger partial charge >= 0.3 is 5.97 Å². The molecule has 0 radical (unpaired) electrons. The first-order valence-electron chi connectivity index (χ1n) is 9.62. The number of halogens is 2. The van der Waals surface area contributed by atoms with Gasteiger partial charge in [-0.05, 0) is 53.5 Å². The van der Waals surface area contributed by atoms with Gasteiger partial charge in [-0.2, -0.15) is 0 Å². The Labute approximate surface area is 209 Å². The van der Waals surface area contributed by atoms with E-state index < -0.39 is 12.0 Å². The summed E-state index contributed by atoms with van der Waals surface area (Å²) in [6.07, 6.45) is 1.69. The summed E-state index contributed by atoms with van der Waals surface area (Å²) >= 11 is 6.73. The average molecular weight is 629 g/mol. The van der Waals surface area contributed by atoms with Crippen LogP contribution in [0.2, 0.25) is 0 Å². The van der Waals surface area contributed by atoms with Crippen LogP contribution in [0.5, 0.6) is 5.75 Å². The van der Waals surface area contributed by atoms with Crippen LogP contribution in [0.3, 0.4) is 0 Å². The number of carbonyl (C=O) groups excluding carboxylic acids is 1. The lowest BCUT2D eigenvalue weighted by Crippen LogP contribution is -2.39. The Morgan fingerprint density at radius 3 is 2.69 bits per heavy atom. The summed E-state index contributed by atoms with van der Waals surface area (Å²) in [5, 5.41) is 0. The fourth-order valence-electron chi connectivity index (χ4n) is 3.46. The Balaban J connectivity index is 1.94. The Hall–Kier alpha value is -2.18. The summed E-state index contributed by atoms with van der Waals surface area (Å²) in [7, 11) is 1.58. The van der Waals surface area contributed by atoms with Crippen LogP contribution in [0, 0.1) is 3.77 Å². The molecule has 3 heterocycles. The van der Waals surface area contributed by atoms with Crippen molar-refractivity contribution in [1.29, 1.82) is 0 Å². The molecular weight excluding hydrogens is 611 g/mol. The highest BCUT2D eigenvalue weighted by atomic mass is 127. The van der Waals surface area contributed by atoms with E-state index in [4.69, 9.17) is 13.9 Å². The highest BCUT2D eigenvalue weighted by molar-refractivity contribution is 14.1. The zero-order valence-corrected chi connectivity index (χ0v) is 21.9. The lowest BCUT2D eigenvalue weighted by molar-refractivity contribution is -0.139. The number of rotatable bonds is 5. The number of hydrogen-bond acceptors (Lipinski definition) is 7. The van der Waals surface area contributed by atoms with Crippen LogP contribution < -0.4 is 19.6 Å². The molecule has 0 aliphatic carbocycles. The lowest BCUT2D eigenvalue weighted by Gasteiger charge is -2.24. The number of nitrogens with zero attached hydrogens (tertiary/aromatic N) is 2.